The van der Waals surface area contributed by atoms with Crippen molar-refractivity contribution in [1.82, 2.24) is 4.90 Å². The van der Waals surface area contributed by atoms with Crippen molar-refractivity contribution in [1.29, 1.82) is 0 Å². The smallest absolute Gasteiger partial charge is 0.310 e. The molecule has 0 radical (unpaired) electrons. The number of ether oxygens (including phenoxy) is 1. The second kappa shape index (κ2) is 9.44. The van der Waals surface area contributed by atoms with Gasteiger partial charge in [0.2, 0.25) is 5.91 Å². The summed E-state index contributed by atoms with van der Waals surface area (Å²) in [6.07, 6.45) is 4.79. The number of furan rings is 1. The van der Waals surface area contributed by atoms with Crippen LogP contribution in [0.15, 0.2) is 47.1 Å². The van der Waals surface area contributed by atoms with E-state index in [0.717, 1.165) is 35.8 Å². The average molecular weight is 455 g/mol. The second-order valence-electron chi connectivity index (χ2n) is 7.85. The van der Waals surface area contributed by atoms with Crippen LogP contribution in [-0.4, -0.2) is 42.9 Å². The number of amides is 2. The molecule has 1 aliphatic carbocycles. The molecular formula is C24H23ClN2O5. The van der Waals surface area contributed by atoms with Gasteiger partial charge in [-0.05, 0) is 54.7 Å². The van der Waals surface area contributed by atoms with Crippen molar-refractivity contribution in [3.63, 3.8) is 0 Å². The Bertz CT molecular complexity index is 1190. The number of para-hydroxylation sites is 1. The molecule has 4 rings (SSSR count). The first-order valence-electron chi connectivity index (χ1n) is 10.4. The molecule has 3 aromatic rings. The van der Waals surface area contributed by atoms with Gasteiger partial charge in [-0.15, -0.1) is 0 Å². The van der Waals surface area contributed by atoms with Gasteiger partial charge in [0.05, 0.1) is 29.9 Å². The van der Waals surface area contributed by atoms with E-state index >= 15 is 0 Å². The topological polar surface area (TPSA) is 88.9 Å². The molecule has 0 unspecified atom stereocenters. The minimum atomic E-state index is -0.532. The summed E-state index contributed by atoms with van der Waals surface area (Å²) in [6, 6.07) is 10.9. The number of aryl methyl sites for hydroxylation is 2. The maximum Gasteiger partial charge on any atom is 0.310 e. The van der Waals surface area contributed by atoms with E-state index in [4.69, 9.17) is 20.8 Å². The fourth-order valence-electron chi connectivity index (χ4n) is 3.80. The molecular weight excluding hydrogens is 432 g/mol. The van der Waals surface area contributed by atoms with E-state index in [1.54, 1.807) is 30.5 Å². The normalized spacial score (nSPS) is 12.4. The van der Waals surface area contributed by atoms with Crippen molar-refractivity contribution in [2.75, 3.05) is 25.5 Å². The molecule has 0 fully saturated rings. The van der Waals surface area contributed by atoms with Crippen LogP contribution in [0.1, 0.15) is 23.1 Å². The average Bonchev–Trinajstić information content (AvgIpc) is 3.38. The maximum atomic E-state index is 12.3. The highest BCUT2D eigenvalue weighted by Crippen LogP contribution is 2.30. The number of anilines is 1. The van der Waals surface area contributed by atoms with Crippen LogP contribution in [0.25, 0.3) is 11.0 Å². The zero-order valence-corrected chi connectivity index (χ0v) is 18.4. The summed E-state index contributed by atoms with van der Waals surface area (Å²) in [5, 5.41) is 3.95. The van der Waals surface area contributed by atoms with Gasteiger partial charge in [0.15, 0.2) is 6.61 Å². The summed E-state index contributed by atoms with van der Waals surface area (Å²) >= 11 is 6.01. The summed E-state index contributed by atoms with van der Waals surface area (Å²) < 4.78 is 10.7. The summed E-state index contributed by atoms with van der Waals surface area (Å²) in [7, 11) is 1.46. The van der Waals surface area contributed by atoms with Gasteiger partial charge in [-0.1, -0.05) is 23.7 Å². The Morgan fingerprint density at radius 1 is 1.16 bits per heavy atom. The number of nitrogens with zero attached hydrogens (tertiary/aromatic N) is 1. The Kier molecular flexibility index (Phi) is 6.46. The van der Waals surface area contributed by atoms with E-state index in [9.17, 15) is 14.4 Å². The predicted molar refractivity (Wildman–Crippen MR) is 121 cm³/mol. The Balaban J connectivity index is 1.27. The van der Waals surface area contributed by atoms with Crippen LogP contribution in [0.2, 0.25) is 5.02 Å². The molecule has 1 N–H and O–H groups in total. The summed E-state index contributed by atoms with van der Waals surface area (Å²) in [5.74, 6) is -1.42. The molecule has 1 aliphatic rings. The third-order valence-corrected chi connectivity index (χ3v) is 5.84. The van der Waals surface area contributed by atoms with Gasteiger partial charge in [0.1, 0.15) is 5.58 Å². The lowest BCUT2D eigenvalue weighted by atomic mass is 10.0. The molecule has 0 aliphatic heterocycles. The summed E-state index contributed by atoms with van der Waals surface area (Å²) in [6.45, 7) is -0.640. The van der Waals surface area contributed by atoms with Crippen molar-refractivity contribution in [2.24, 2.45) is 0 Å². The molecule has 0 atom stereocenters. The number of benzene rings is 2. The minimum Gasteiger partial charge on any atom is -0.464 e. The molecule has 0 bridgehead atoms. The lowest BCUT2D eigenvalue weighted by Crippen LogP contribution is -2.37. The van der Waals surface area contributed by atoms with Crippen LogP contribution in [0, 0.1) is 0 Å². The molecule has 0 saturated heterocycles. The van der Waals surface area contributed by atoms with Gasteiger partial charge in [0, 0.05) is 18.0 Å². The van der Waals surface area contributed by atoms with Gasteiger partial charge in [-0.25, -0.2) is 0 Å². The van der Waals surface area contributed by atoms with Crippen LogP contribution in [0.3, 0.4) is 0 Å². The van der Waals surface area contributed by atoms with E-state index in [1.807, 2.05) is 6.07 Å². The van der Waals surface area contributed by atoms with Gasteiger partial charge < -0.3 is 19.4 Å². The van der Waals surface area contributed by atoms with E-state index in [-0.39, 0.29) is 13.0 Å². The third-order valence-electron chi connectivity index (χ3n) is 5.51. The van der Waals surface area contributed by atoms with E-state index in [1.165, 1.54) is 23.1 Å². The standard InChI is InChI=1S/C24H23ClN2O5/c1-27(12-22(28)26-20-8-3-2-7-19(20)25)23(29)14-32-24(30)11-17-13-31-21-10-16-6-4-5-15(16)9-18(17)21/h2-3,7-10,13H,4-6,11-12,14H2,1H3,(H,26,28). The highest BCUT2D eigenvalue weighted by molar-refractivity contribution is 6.33. The highest BCUT2D eigenvalue weighted by Gasteiger charge is 2.19. The molecule has 32 heavy (non-hydrogen) atoms. The molecule has 2 amide bonds. The molecule has 0 saturated carbocycles. The predicted octanol–water partition coefficient (Wildman–Crippen LogP) is 3.76. The van der Waals surface area contributed by atoms with Gasteiger partial charge in [-0.2, -0.15) is 0 Å². The van der Waals surface area contributed by atoms with Crippen LogP contribution >= 0.6 is 11.6 Å². The zero-order valence-electron chi connectivity index (χ0n) is 17.7. The maximum absolute atomic E-state index is 12.3. The molecule has 1 aromatic heterocycles. The Morgan fingerprint density at radius 3 is 2.69 bits per heavy atom. The van der Waals surface area contributed by atoms with Gasteiger partial charge in [0.25, 0.3) is 5.91 Å². The van der Waals surface area contributed by atoms with Crippen molar-refractivity contribution in [3.05, 3.63) is 64.4 Å². The number of hydrogen-bond donors (Lipinski definition) is 1. The first-order chi connectivity index (χ1) is 15.4. The zero-order chi connectivity index (χ0) is 22.7. The van der Waals surface area contributed by atoms with Crippen LogP contribution in [0.4, 0.5) is 5.69 Å². The quantitative estimate of drug-likeness (QED) is 0.549. The van der Waals surface area contributed by atoms with Crippen molar-refractivity contribution in [2.45, 2.75) is 25.7 Å². The lowest BCUT2D eigenvalue weighted by Gasteiger charge is -2.17. The van der Waals surface area contributed by atoms with Crippen LogP contribution in [0.5, 0.6) is 0 Å². The molecule has 166 valence electrons. The molecule has 2 aromatic carbocycles. The summed E-state index contributed by atoms with van der Waals surface area (Å²) in [4.78, 5) is 37.9. The number of nitrogens with one attached hydrogen (secondary N) is 1. The van der Waals surface area contributed by atoms with Crippen molar-refractivity contribution in [3.8, 4) is 0 Å². The third kappa shape index (κ3) is 4.94. The fourth-order valence-corrected chi connectivity index (χ4v) is 3.98. The SMILES string of the molecule is CN(CC(=O)Nc1ccccc1Cl)C(=O)COC(=O)Cc1coc2cc3c(cc12)CCC3. The number of esters is 1. The Morgan fingerprint density at radius 2 is 1.91 bits per heavy atom. The number of likely N-dealkylation sites (N-methyl/N-ethyl adjacent to an activating group) is 1. The first-order valence-corrected chi connectivity index (χ1v) is 10.7. The number of carbonyl (C=O) groups is 3. The number of carbonyl (C=O) groups excluding carboxylic acids is 3. The summed E-state index contributed by atoms with van der Waals surface area (Å²) in [5.41, 5.74) is 4.55. The van der Waals surface area contributed by atoms with Crippen molar-refractivity contribution >= 4 is 46.0 Å². The molecule has 0 spiro atoms. The largest absolute Gasteiger partial charge is 0.464 e. The highest BCUT2D eigenvalue weighted by atomic mass is 35.5. The number of hydrogen-bond acceptors (Lipinski definition) is 5. The Labute approximate surface area is 190 Å². The van der Waals surface area contributed by atoms with Gasteiger partial charge >= 0.3 is 5.97 Å². The van der Waals surface area contributed by atoms with E-state index < -0.39 is 24.4 Å². The Hall–Kier alpha value is -3.32. The van der Waals surface area contributed by atoms with Crippen LogP contribution < -0.4 is 5.32 Å². The molecule has 1 heterocycles. The number of fused-ring (bicyclic) bond motifs is 2. The second-order valence-corrected chi connectivity index (χ2v) is 8.25. The monoisotopic (exact) mass is 454 g/mol. The number of halogens is 1. The van der Waals surface area contributed by atoms with Crippen LogP contribution in [-0.2, 0) is 38.4 Å². The first kappa shape index (κ1) is 21.9. The van der Waals surface area contributed by atoms with Crippen molar-refractivity contribution < 1.29 is 23.5 Å². The van der Waals surface area contributed by atoms with E-state index in [0.29, 0.717) is 10.7 Å². The minimum absolute atomic E-state index is 0.00970. The molecule has 8 heteroatoms. The van der Waals surface area contributed by atoms with E-state index in [2.05, 4.69) is 11.4 Å². The number of rotatable bonds is 7. The lowest BCUT2D eigenvalue weighted by molar-refractivity contribution is -0.151. The van der Waals surface area contributed by atoms with Gasteiger partial charge in [-0.3, -0.25) is 14.4 Å². The molecule has 7 nitrogen and oxygen atoms in total. The fraction of sp³-hybridized carbons (Fsp3) is 0.292.